The fourth-order valence-electron chi connectivity index (χ4n) is 1.59. The van der Waals surface area contributed by atoms with E-state index < -0.39 is 0 Å². The molecule has 0 saturated heterocycles. The maximum absolute atomic E-state index is 5.64. The Morgan fingerprint density at radius 2 is 2.00 bits per heavy atom. The molecule has 0 aromatic carbocycles. The van der Waals surface area contributed by atoms with Crippen LogP contribution >= 0.6 is 0 Å². The summed E-state index contributed by atoms with van der Waals surface area (Å²) in [6.45, 7) is 4.75. The molecule has 1 aromatic heterocycles. The lowest BCUT2D eigenvalue weighted by molar-refractivity contribution is 0.784. The molecule has 1 rings (SSSR count). The van der Waals surface area contributed by atoms with Gasteiger partial charge in [0.25, 0.3) is 0 Å². The second-order valence-corrected chi connectivity index (χ2v) is 3.74. The van der Waals surface area contributed by atoms with Crippen LogP contribution in [0.25, 0.3) is 0 Å². The van der Waals surface area contributed by atoms with Gasteiger partial charge in [-0.1, -0.05) is 13.8 Å². The molecule has 0 spiro atoms. The number of nitrogen functional groups attached to an aromatic ring is 1. The number of hydrogen-bond donors (Lipinski definition) is 3. The molecule has 0 fully saturated rings. The summed E-state index contributed by atoms with van der Waals surface area (Å²) in [6, 6.07) is 0. The van der Waals surface area contributed by atoms with Gasteiger partial charge in [0.15, 0.2) is 0 Å². The van der Waals surface area contributed by atoms with Gasteiger partial charge in [-0.15, -0.1) is 0 Å². The topological polar surface area (TPSA) is 89.8 Å². The van der Waals surface area contributed by atoms with Crippen molar-refractivity contribution in [1.29, 1.82) is 0 Å². The summed E-state index contributed by atoms with van der Waals surface area (Å²) in [4.78, 5) is 8.42. The van der Waals surface area contributed by atoms with Gasteiger partial charge in [-0.2, -0.15) is 4.98 Å². The molecule has 0 amide bonds. The van der Waals surface area contributed by atoms with Gasteiger partial charge in [0, 0.05) is 12.6 Å². The molecule has 0 saturated carbocycles. The number of nitrogens with zero attached hydrogens (tertiary/aromatic N) is 2. The fourth-order valence-corrected chi connectivity index (χ4v) is 1.59. The van der Waals surface area contributed by atoms with Crippen molar-refractivity contribution < 1.29 is 0 Å². The predicted octanol–water partition coefficient (Wildman–Crippen LogP) is 0.725. The quantitative estimate of drug-likeness (QED) is 0.680. The Kier molecular flexibility index (Phi) is 3.85. The molecule has 0 aliphatic rings. The second kappa shape index (κ2) is 4.93. The predicted molar refractivity (Wildman–Crippen MR) is 62.8 cm³/mol. The molecule has 0 radical (unpaired) electrons. The maximum Gasteiger partial charge on any atom is 0.222 e. The van der Waals surface area contributed by atoms with Crippen molar-refractivity contribution in [3.63, 3.8) is 0 Å². The minimum atomic E-state index is 0.309. The molecule has 5 nitrogen and oxygen atoms in total. The average molecular weight is 209 g/mol. The van der Waals surface area contributed by atoms with Crippen molar-refractivity contribution in [3.05, 3.63) is 11.3 Å². The van der Waals surface area contributed by atoms with Crippen LogP contribution in [-0.4, -0.2) is 23.6 Å². The zero-order valence-electron chi connectivity index (χ0n) is 9.54. The first-order valence-electron chi connectivity index (χ1n) is 5.14. The molecule has 84 valence electrons. The first-order chi connectivity index (χ1) is 7.10. The van der Waals surface area contributed by atoms with Crippen LogP contribution < -0.4 is 16.8 Å². The van der Waals surface area contributed by atoms with Gasteiger partial charge in [-0.3, -0.25) is 0 Å². The highest BCUT2D eigenvalue weighted by molar-refractivity contribution is 5.50. The van der Waals surface area contributed by atoms with Crippen LogP contribution in [0, 0.1) is 0 Å². The van der Waals surface area contributed by atoms with Crippen molar-refractivity contribution in [1.82, 2.24) is 9.97 Å². The summed E-state index contributed by atoms with van der Waals surface area (Å²) in [6.07, 6.45) is 0.768. The summed E-state index contributed by atoms with van der Waals surface area (Å²) in [5, 5.41) is 3.03. The van der Waals surface area contributed by atoms with E-state index in [1.165, 1.54) is 0 Å². The van der Waals surface area contributed by atoms with E-state index in [-0.39, 0.29) is 0 Å². The Hall–Kier alpha value is -1.36. The first kappa shape index (κ1) is 11.7. The van der Waals surface area contributed by atoms with Gasteiger partial charge in [0.1, 0.15) is 5.82 Å². The lowest BCUT2D eigenvalue weighted by Gasteiger charge is -2.15. The molecule has 0 bridgehead atoms. The van der Waals surface area contributed by atoms with Gasteiger partial charge in [-0.25, -0.2) is 4.98 Å². The molecule has 0 unspecified atom stereocenters. The molecule has 15 heavy (non-hydrogen) atoms. The number of nitrogens with one attached hydrogen (secondary N) is 1. The Morgan fingerprint density at radius 1 is 1.33 bits per heavy atom. The van der Waals surface area contributed by atoms with Crippen molar-refractivity contribution in [2.24, 2.45) is 5.73 Å². The molecule has 0 aliphatic heterocycles. The van der Waals surface area contributed by atoms with Crippen molar-refractivity contribution in [2.75, 3.05) is 24.6 Å². The number of aromatic nitrogens is 2. The Bertz CT molecular complexity index is 335. The Morgan fingerprint density at radius 3 is 2.47 bits per heavy atom. The molecule has 1 heterocycles. The van der Waals surface area contributed by atoms with Crippen LogP contribution in [0.5, 0.6) is 0 Å². The largest absolute Gasteiger partial charge is 0.373 e. The van der Waals surface area contributed by atoms with Crippen LogP contribution in [0.4, 0.5) is 11.8 Å². The molecular formula is C10H19N5. The minimum absolute atomic E-state index is 0.309. The molecule has 5 N–H and O–H groups in total. The normalized spacial score (nSPS) is 10.7. The van der Waals surface area contributed by atoms with E-state index in [9.17, 15) is 0 Å². The van der Waals surface area contributed by atoms with Gasteiger partial charge >= 0.3 is 0 Å². The number of hydrogen-bond acceptors (Lipinski definition) is 5. The first-order valence-corrected chi connectivity index (χ1v) is 5.14. The number of rotatable bonds is 4. The highest BCUT2D eigenvalue weighted by atomic mass is 15.1. The summed E-state index contributed by atoms with van der Waals surface area (Å²) in [5.74, 6) is 1.42. The average Bonchev–Trinajstić information content (AvgIpc) is 2.19. The molecule has 5 heteroatoms. The smallest absolute Gasteiger partial charge is 0.222 e. The van der Waals surface area contributed by atoms with Crippen LogP contribution in [-0.2, 0) is 6.42 Å². The third-order valence-corrected chi connectivity index (χ3v) is 2.23. The number of anilines is 2. The summed E-state index contributed by atoms with van der Waals surface area (Å²) in [7, 11) is 1.83. The lowest BCUT2D eigenvalue weighted by atomic mass is 10.0. The van der Waals surface area contributed by atoms with Gasteiger partial charge in [-0.05, 0) is 18.9 Å². The molecule has 0 atom stereocenters. The lowest BCUT2D eigenvalue weighted by Crippen LogP contribution is -2.14. The van der Waals surface area contributed by atoms with Crippen LogP contribution in [0.3, 0.4) is 0 Å². The van der Waals surface area contributed by atoms with E-state index in [0.717, 1.165) is 23.5 Å². The van der Waals surface area contributed by atoms with Crippen LogP contribution in [0.2, 0.25) is 0 Å². The van der Waals surface area contributed by atoms with Crippen molar-refractivity contribution in [2.45, 2.75) is 26.2 Å². The van der Waals surface area contributed by atoms with E-state index >= 15 is 0 Å². The fraction of sp³-hybridized carbons (Fsp3) is 0.600. The molecule has 0 aliphatic carbocycles. The van der Waals surface area contributed by atoms with E-state index in [4.69, 9.17) is 11.5 Å². The standard InChI is InChI=1S/C10H19N5/c1-6(2)8-7(4-5-11)9(13-3)15-10(12)14-8/h6H,4-5,11H2,1-3H3,(H3,12,13,14,15). The highest BCUT2D eigenvalue weighted by Gasteiger charge is 2.14. The SMILES string of the molecule is CNc1nc(N)nc(C(C)C)c1CCN. The van der Waals surface area contributed by atoms with Gasteiger partial charge in [0.2, 0.25) is 5.95 Å². The van der Waals surface area contributed by atoms with Gasteiger partial charge in [0.05, 0.1) is 5.69 Å². The second-order valence-electron chi connectivity index (χ2n) is 3.74. The van der Waals surface area contributed by atoms with E-state index in [0.29, 0.717) is 18.4 Å². The van der Waals surface area contributed by atoms with Crippen molar-refractivity contribution in [3.8, 4) is 0 Å². The maximum atomic E-state index is 5.64. The van der Waals surface area contributed by atoms with E-state index in [1.807, 2.05) is 7.05 Å². The van der Waals surface area contributed by atoms with Crippen molar-refractivity contribution >= 4 is 11.8 Å². The van der Waals surface area contributed by atoms with E-state index in [1.54, 1.807) is 0 Å². The monoisotopic (exact) mass is 209 g/mol. The van der Waals surface area contributed by atoms with Crippen LogP contribution in [0.15, 0.2) is 0 Å². The molecule has 1 aromatic rings. The summed E-state index contributed by atoms with van der Waals surface area (Å²) < 4.78 is 0. The molecular weight excluding hydrogens is 190 g/mol. The highest BCUT2D eigenvalue weighted by Crippen LogP contribution is 2.23. The Labute approximate surface area is 90.3 Å². The zero-order chi connectivity index (χ0) is 11.4. The third kappa shape index (κ3) is 2.56. The zero-order valence-corrected chi connectivity index (χ0v) is 9.54. The van der Waals surface area contributed by atoms with E-state index in [2.05, 4.69) is 29.1 Å². The summed E-state index contributed by atoms with van der Waals surface area (Å²) in [5.41, 5.74) is 13.3. The van der Waals surface area contributed by atoms with Crippen LogP contribution in [0.1, 0.15) is 31.0 Å². The Balaban J connectivity index is 3.26. The minimum Gasteiger partial charge on any atom is -0.373 e. The summed E-state index contributed by atoms with van der Waals surface area (Å²) >= 11 is 0. The number of nitrogens with two attached hydrogens (primary N) is 2. The third-order valence-electron chi connectivity index (χ3n) is 2.23. The van der Waals surface area contributed by atoms with Gasteiger partial charge < -0.3 is 16.8 Å².